The van der Waals surface area contributed by atoms with Crippen molar-refractivity contribution in [2.45, 2.75) is 45.2 Å². The van der Waals surface area contributed by atoms with Gasteiger partial charge in [0, 0.05) is 27.9 Å². The minimum Gasteiger partial charge on any atom is -0.327 e. The quantitative estimate of drug-likeness (QED) is 0.516. The van der Waals surface area contributed by atoms with Crippen molar-refractivity contribution < 1.29 is 0 Å². The lowest BCUT2D eigenvalue weighted by molar-refractivity contribution is 0.0831. The molecule has 1 saturated heterocycles. The Bertz CT molecular complexity index is 661. The minimum absolute atomic E-state index is 0.210. The summed E-state index contributed by atoms with van der Waals surface area (Å²) < 4.78 is 3.42. The highest BCUT2D eigenvalue weighted by Gasteiger charge is 2.29. The summed E-state index contributed by atoms with van der Waals surface area (Å²) in [6.07, 6.45) is 6.13. The van der Waals surface area contributed by atoms with Crippen molar-refractivity contribution in [3.63, 3.8) is 0 Å². The van der Waals surface area contributed by atoms with Crippen LogP contribution in [0.25, 0.3) is 11.0 Å². The van der Waals surface area contributed by atoms with Crippen molar-refractivity contribution in [2.24, 2.45) is 0 Å². The summed E-state index contributed by atoms with van der Waals surface area (Å²) in [6.45, 7) is 9.08. The lowest BCUT2D eigenvalue weighted by Gasteiger charge is -2.42. The number of halogens is 2. The predicted octanol–water partition coefficient (Wildman–Crippen LogP) is 4.12. The monoisotopic (exact) mass is 418 g/mol. The third kappa shape index (κ3) is 2.92. The summed E-state index contributed by atoms with van der Waals surface area (Å²) in [4.78, 5) is 11.1. The second-order valence-corrected chi connectivity index (χ2v) is 8.18. The van der Waals surface area contributed by atoms with Crippen molar-refractivity contribution in [1.29, 1.82) is 0 Å². The van der Waals surface area contributed by atoms with Gasteiger partial charge in [-0.1, -0.05) is 11.6 Å². The van der Waals surface area contributed by atoms with Gasteiger partial charge in [-0.3, -0.25) is 4.90 Å². The highest BCUT2D eigenvalue weighted by Crippen LogP contribution is 2.33. The third-order valence-electron chi connectivity index (χ3n) is 4.26. The van der Waals surface area contributed by atoms with E-state index in [1.54, 1.807) is 6.33 Å². The van der Waals surface area contributed by atoms with E-state index in [0.29, 0.717) is 11.2 Å². The Hall–Kier alpha value is -0.400. The second kappa shape index (κ2) is 5.66. The molecule has 0 unspecified atom stereocenters. The first-order valence-corrected chi connectivity index (χ1v) is 8.75. The van der Waals surface area contributed by atoms with Crippen LogP contribution >= 0.6 is 34.2 Å². The van der Waals surface area contributed by atoms with Gasteiger partial charge in [0.1, 0.15) is 17.1 Å². The number of hydrogen-bond acceptors (Lipinski definition) is 3. The topological polar surface area (TPSA) is 34.0 Å². The second-order valence-electron chi connectivity index (χ2n) is 6.66. The van der Waals surface area contributed by atoms with E-state index < -0.39 is 0 Å². The fourth-order valence-electron chi connectivity index (χ4n) is 3.07. The van der Waals surface area contributed by atoms with E-state index in [9.17, 15) is 0 Å². The van der Waals surface area contributed by atoms with Gasteiger partial charge in [-0.2, -0.15) is 0 Å². The standard InChI is InChI=1S/C15H20ClIN4/c1-15(2,3)20-6-4-5-10(7-20)21-8-11(17)12-13(16)18-9-19-14(12)21/h8-10H,4-7H2,1-3H3/t10-/m1/s1. The van der Waals surface area contributed by atoms with Crippen LogP contribution in [-0.4, -0.2) is 38.1 Å². The molecule has 2 aromatic heterocycles. The van der Waals surface area contributed by atoms with E-state index in [4.69, 9.17) is 11.6 Å². The van der Waals surface area contributed by atoms with Crippen LogP contribution in [0.4, 0.5) is 0 Å². The molecule has 1 aliphatic heterocycles. The molecule has 21 heavy (non-hydrogen) atoms. The van der Waals surface area contributed by atoms with Gasteiger partial charge >= 0.3 is 0 Å². The zero-order valence-electron chi connectivity index (χ0n) is 12.6. The molecular formula is C15H20ClIN4. The molecule has 3 rings (SSSR count). The Labute approximate surface area is 144 Å². The van der Waals surface area contributed by atoms with E-state index >= 15 is 0 Å². The Kier molecular flexibility index (Phi) is 4.18. The number of piperidine rings is 1. The lowest BCUT2D eigenvalue weighted by atomic mass is 9.98. The Morgan fingerprint density at radius 1 is 1.33 bits per heavy atom. The van der Waals surface area contributed by atoms with Gasteiger partial charge in [-0.15, -0.1) is 0 Å². The van der Waals surface area contributed by atoms with Crippen LogP contribution in [-0.2, 0) is 0 Å². The zero-order valence-corrected chi connectivity index (χ0v) is 15.5. The van der Waals surface area contributed by atoms with Crippen LogP contribution in [0.1, 0.15) is 39.7 Å². The number of fused-ring (bicyclic) bond motifs is 1. The van der Waals surface area contributed by atoms with Crippen LogP contribution in [0.15, 0.2) is 12.5 Å². The van der Waals surface area contributed by atoms with Gasteiger partial charge < -0.3 is 4.57 Å². The van der Waals surface area contributed by atoms with Gasteiger partial charge in [0.05, 0.1) is 5.39 Å². The molecule has 0 aliphatic carbocycles. The first kappa shape index (κ1) is 15.5. The predicted molar refractivity (Wildman–Crippen MR) is 94.9 cm³/mol. The fourth-order valence-corrected chi connectivity index (χ4v) is 4.26. The van der Waals surface area contributed by atoms with E-state index in [0.717, 1.165) is 21.1 Å². The Morgan fingerprint density at radius 2 is 2.10 bits per heavy atom. The smallest absolute Gasteiger partial charge is 0.146 e. The van der Waals surface area contributed by atoms with Gasteiger partial charge in [0.25, 0.3) is 0 Å². The number of rotatable bonds is 1. The minimum atomic E-state index is 0.210. The molecule has 1 aliphatic rings. The first-order valence-electron chi connectivity index (χ1n) is 7.29. The van der Waals surface area contributed by atoms with Crippen molar-refractivity contribution in [1.82, 2.24) is 19.4 Å². The molecule has 0 amide bonds. The van der Waals surface area contributed by atoms with Crippen LogP contribution in [0.5, 0.6) is 0 Å². The summed E-state index contributed by atoms with van der Waals surface area (Å²) >= 11 is 8.56. The Balaban J connectivity index is 1.99. The molecule has 2 aromatic rings. The van der Waals surface area contributed by atoms with Crippen LogP contribution in [0, 0.1) is 3.57 Å². The number of nitrogens with zero attached hydrogens (tertiary/aromatic N) is 4. The Morgan fingerprint density at radius 3 is 2.81 bits per heavy atom. The van der Waals surface area contributed by atoms with Gasteiger partial charge in [0.15, 0.2) is 0 Å². The van der Waals surface area contributed by atoms with E-state index in [1.165, 1.54) is 19.4 Å². The van der Waals surface area contributed by atoms with Crippen LogP contribution in [0.2, 0.25) is 5.15 Å². The fraction of sp³-hybridized carbons (Fsp3) is 0.600. The van der Waals surface area contributed by atoms with Crippen molar-refractivity contribution in [2.75, 3.05) is 13.1 Å². The molecule has 0 saturated carbocycles. The summed E-state index contributed by atoms with van der Waals surface area (Å²) in [5.41, 5.74) is 1.17. The molecule has 114 valence electrons. The summed E-state index contributed by atoms with van der Waals surface area (Å²) in [7, 11) is 0. The third-order valence-corrected chi connectivity index (χ3v) is 5.36. The average molecular weight is 419 g/mol. The zero-order chi connectivity index (χ0) is 15.2. The summed E-state index contributed by atoms with van der Waals surface area (Å²) in [5.74, 6) is 0. The van der Waals surface area contributed by atoms with Gasteiger partial charge in [0.2, 0.25) is 0 Å². The molecule has 3 heterocycles. The highest BCUT2D eigenvalue weighted by atomic mass is 127. The molecule has 0 N–H and O–H groups in total. The first-order chi connectivity index (χ1) is 9.88. The molecule has 0 bridgehead atoms. The molecule has 0 aromatic carbocycles. The maximum atomic E-state index is 6.24. The molecule has 1 fully saturated rings. The molecule has 4 nitrogen and oxygen atoms in total. The normalized spacial score (nSPS) is 21.1. The summed E-state index contributed by atoms with van der Waals surface area (Å²) in [6, 6.07) is 0.454. The molecule has 0 radical (unpaired) electrons. The summed E-state index contributed by atoms with van der Waals surface area (Å²) in [5, 5.41) is 1.53. The average Bonchev–Trinajstić information content (AvgIpc) is 2.77. The van der Waals surface area contributed by atoms with Crippen LogP contribution in [0.3, 0.4) is 0 Å². The largest absolute Gasteiger partial charge is 0.327 e. The van der Waals surface area contributed by atoms with Gasteiger partial charge in [-0.25, -0.2) is 9.97 Å². The molecular weight excluding hydrogens is 399 g/mol. The van der Waals surface area contributed by atoms with E-state index in [-0.39, 0.29) is 5.54 Å². The number of likely N-dealkylation sites (tertiary alicyclic amines) is 1. The van der Waals surface area contributed by atoms with E-state index in [2.05, 4.69) is 69.0 Å². The maximum absolute atomic E-state index is 6.24. The highest BCUT2D eigenvalue weighted by molar-refractivity contribution is 14.1. The number of hydrogen-bond donors (Lipinski definition) is 0. The molecule has 0 spiro atoms. The maximum Gasteiger partial charge on any atom is 0.146 e. The SMILES string of the molecule is CC(C)(C)N1CCC[C@@H](n2cc(I)c3c(Cl)ncnc32)C1. The van der Waals surface area contributed by atoms with Crippen molar-refractivity contribution >= 4 is 45.2 Å². The molecule has 1 atom stereocenters. The number of aromatic nitrogens is 3. The van der Waals surface area contributed by atoms with E-state index in [1.807, 2.05) is 0 Å². The van der Waals surface area contributed by atoms with Crippen molar-refractivity contribution in [3.8, 4) is 0 Å². The van der Waals surface area contributed by atoms with Crippen molar-refractivity contribution in [3.05, 3.63) is 21.2 Å². The van der Waals surface area contributed by atoms with Gasteiger partial charge in [-0.05, 0) is 62.7 Å². The van der Waals surface area contributed by atoms with Crippen LogP contribution < -0.4 is 0 Å². The lowest BCUT2D eigenvalue weighted by Crippen LogP contribution is -2.47. The molecule has 6 heteroatoms.